The molecule has 0 bridgehead atoms. The number of nitrogens with zero attached hydrogens (tertiary/aromatic N) is 1. The van der Waals surface area contributed by atoms with Crippen LogP contribution in [0.4, 0.5) is 5.69 Å². The second kappa shape index (κ2) is 6.80. The van der Waals surface area contributed by atoms with E-state index in [1.54, 1.807) is 0 Å². The number of rotatable bonds is 3. The van der Waals surface area contributed by atoms with Crippen molar-refractivity contribution in [3.05, 3.63) is 30.3 Å². The first-order chi connectivity index (χ1) is 10.2. The van der Waals surface area contributed by atoms with E-state index >= 15 is 0 Å². The molecule has 3 nitrogen and oxygen atoms in total. The predicted molar refractivity (Wildman–Crippen MR) is 89.4 cm³/mol. The summed E-state index contributed by atoms with van der Waals surface area (Å²) in [5.41, 5.74) is 13.6. The molecule has 1 aromatic rings. The van der Waals surface area contributed by atoms with Gasteiger partial charge in [-0.1, -0.05) is 18.2 Å². The molecule has 0 heterocycles. The fourth-order valence-electron chi connectivity index (χ4n) is 4.08. The lowest BCUT2D eigenvalue weighted by atomic mass is 9.85. The predicted octanol–water partition coefficient (Wildman–Crippen LogP) is 3.03. The molecule has 21 heavy (non-hydrogen) atoms. The van der Waals surface area contributed by atoms with Gasteiger partial charge in [0.1, 0.15) is 0 Å². The standard InChI is InChI=1S/C18H29N3/c19-14-6-10-17(11-7-14)21(16-4-2-1-3-5-16)18-12-8-15(20)9-13-18/h1-5,14-15,17-18H,6-13,19-20H2. The zero-order chi connectivity index (χ0) is 14.7. The molecule has 0 aliphatic heterocycles. The van der Waals surface area contributed by atoms with Crippen LogP contribution in [0.3, 0.4) is 0 Å². The largest absolute Gasteiger partial charge is 0.366 e. The van der Waals surface area contributed by atoms with Crippen LogP contribution in [0.1, 0.15) is 51.4 Å². The highest BCUT2D eigenvalue weighted by molar-refractivity contribution is 5.48. The Kier molecular flexibility index (Phi) is 4.81. The zero-order valence-electron chi connectivity index (χ0n) is 13.0. The van der Waals surface area contributed by atoms with E-state index in [1.807, 2.05) is 0 Å². The minimum absolute atomic E-state index is 0.415. The van der Waals surface area contributed by atoms with E-state index in [0.717, 1.165) is 0 Å². The molecular weight excluding hydrogens is 258 g/mol. The third-order valence-corrected chi connectivity index (χ3v) is 5.32. The molecule has 1 aromatic carbocycles. The normalized spacial score (nSPS) is 33.6. The first-order valence-electron chi connectivity index (χ1n) is 8.58. The van der Waals surface area contributed by atoms with Gasteiger partial charge in [-0.05, 0) is 63.5 Å². The van der Waals surface area contributed by atoms with E-state index in [9.17, 15) is 0 Å². The zero-order valence-corrected chi connectivity index (χ0v) is 13.0. The van der Waals surface area contributed by atoms with Crippen molar-refractivity contribution in [3.63, 3.8) is 0 Å². The van der Waals surface area contributed by atoms with E-state index in [4.69, 9.17) is 11.5 Å². The average Bonchev–Trinajstić information content (AvgIpc) is 2.52. The van der Waals surface area contributed by atoms with E-state index < -0.39 is 0 Å². The third-order valence-electron chi connectivity index (χ3n) is 5.32. The molecule has 2 saturated carbocycles. The minimum atomic E-state index is 0.415. The summed E-state index contributed by atoms with van der Waals surface area (Å²) in [6, 6.07) is 13.1. The summed E-state index contributed by atoms with van der Waals surface area (Å²) in [4.78, 5) is 2.71. The fourth-order valence-corrected chi connectivity index (χ4v) is 4.08. The molecule has 0 unspecified atom stereocenters. The lowest BCUT2D eigenvalue weighted by molar-refractivity contribution is 0.311. The highest BCUT2D eigenvalue weighted by Gasteiger charge is 2.31. The van der Waals surface area contributed by atoms with Crippen molar-refractivity contribution in [1.29, 1.82) is 0 Å². The highest BCUT2D eigenvalue weighted by atomic mass is 15.2. The van der Waals surface area contributed by atoms with Gasteiger partial charge in [-0.2, -0.15) is 0 Å². The Morgan fingerprint density at radius 1 is 0.667 bits per heavy atom. The molecule has 2 aliphatic carbocycles. The Morgan fingerprint density at radius 2 is 1.10 bits per heavy atom. The van der Waals surface area contributed by atoms with Gasteiger partial charge in [0.2, 0.25) is 0 Å². The van der Waals surface area contributed by atoms with Crippen molar-refractivity contribution in [2.75, 3.05) is 4.90 Å². The van der Waals surface area contributed by atoms with Gasteiger partial charge < -0.3 is 16.4 Å². The Morgan fingerprint density at radius 3 is 1.52 bits per heavy atom. The van der Waals surface area contributed by atoms with E-state index in [-0.39, 0.29) is 0 Å². The van der Waals surface area contributed by atoms with Crippen LogP contribution in [0.15, 0.2) is 30.3 Å². The lowest BCUT2D eigenvalue weighted by Gasteiger charge is -2.45. The maximum absolute atomic E-state index is 6.10. The molecule has 3 heteroatoms. The molecule has 2 aliphatic rings. The molecular formula is C18H29N3. The summed E-state index contributed by atoms with van der Waals surface area (Å²) in [6.07, 6.45) is 9.61. The smallest absolute Gasteiger partial charge is 0.0371 e. The number of anilines is 1. The van der Waals surface area contributed by atoms with Crippen LogP contribution in [0.5, 0.6) is 0 Å². The maximum atomic E-state index is 6.10. The van der Waals surface area contributed by atoms with Crippen LogP contribution in [0, 0.1) is 0 Å². The fraction of sp³-hybridized carbons (Fsp3) is 0.667. The van der Waals surface area contributed by atoms with Gasteiger partial charge >= 0.3 is 0 Å². The summed E-state index contributed by atoms with van der Waals surface area (Å²) < 4.78 is 0. The highest BCUT2D eigenvalue weighted by Crippen LogP contribution is 2.33. The van der Waals surface area contributed by atoms with Crippen LogP contribution in [0.25, 0.3) is 0 Å². The first kappa shape index (κ1) is 14.9. The number of para-hydroxylation sites is 1. The van der Waals surface area contributed by atoms with Crippen molar-refractivity contribution in [2.45, 2.75) is 75.5 Å². The van der Waals surface area contributed by atoms with Gasteiger partial charge in [-0.15, -0.1) is 0 Å². The Labute approximate surface area is 128 Å². The third kappa shape index (κ3) is 3.58. The van der Waals surface area contributed by atoms with E-state index in [1.165, 1.54) is 57.1 Å². The molecule has 0 radical (unpaired) electrons. The summed E-state index contributed by atoms with van der Waals surface area (Å²) in [5, 5.41) is 0. The summed E-state index contributed by atoms with van der Waals surface area (Å²) in [7, 11) is 0. The Balaban J connectivity index is 1.78. The van der Waals surface area contributed by atoms with Crippen molar-refractivity contribution in [3.8, 4) is 0 Å². The molecule has 0 amide bonds. The Hall–Kier alpha value is -1.06. The van der Waals surface area contributed by atoms with Crippen molar-refractivity contribution in [1.82, 2.24) is 0 Å². The Bertz CT molecular complexity index is 395. The molecule has 116 valence electrons. The number of hydrogen-bond acceptors (Lipinski definition) is 3. The van der Waals surface area contributed by atoms with Crippen LogP contribution >= 0.6 is 0 Å². The molecule has 3 rings (SSSR count). The van der Waals surface area contributed by atoms with Crippen LogP contribution in [0.2, 0.25) is 0 Å². The van der Waals surface area contributed by atoms with Gasteiger partial charge in [0.05, 0.1) is 0 Å². The van der Waals surface area contributed by atoms with Crippen molar-refractivity contribution < 1.29 is 0 Å². The SMILES string of the molecule is NC1CCC(N(c2ccccc2)C2CCC(N)CC2)CC1. The summed E-state index contributed by atoms with van der Waals surface area (Å²) in [5.74, 6) is 0. The summed E-state index contributed by atoms with van der Waals surface area (Å²) >= 11 is 0. The van der Waals surface area contributed by atoms with Crippen molar-refractivity contribution >= 4 is 5.69 Å². The molecule has 0 spiro atoms. The topological polar surface area (TPSA) is 55.3 Å². The number of hydrogen-bond donors (Lipinski definition) is 2. The van der Waals surface area contributed by atoms with Crippen LogP contribution < -0.4 is 16.4 Å². The molecule has 4 N–H and O–H groups in total. The number of benzene rings is 1. The van der Waals surface area contributed by atoms with Gasteiger partial charge in [-0.3, -0.25) is 0 Å². The quantitative estimate of drug-likeness (QED) is 0.898. The van der Waals surface area contributed by atoms with Gasteiger partial charge in [0.25, 0.3) is 0 Å². The van der Waals surface area contributed by atoms with Crippen LogP contribution in [-0.4, -0.2) is 24.2 Å². The second-order valence-corrected chi connectivity index (χ2v) is 6.88. The first-order valence-corrected chi connectivity index (χ1v) is 8.58. The van der Waals surface area contributed by atoms with Crippen molar-refractivity contribution in [2.24, 2.45) is 11.5 Å². The van der Waals surface area contributed by atoms with Gasteiger partial charge in [-0.25, -0.2) is 0 Å². The molecule has 0 saturated heterocycles. The lowest BCUT2D eigenvalue weighted by Crippen LogP contribution is -2.49. The average molecular weight is 287 g/mol. The van der Waals surface area contributed by atoms with Gasteiger partial charge in [0.15, 0.2) is 0 Å². The van der Waals surface area contributed by atoms with E-state index in [0.29, 0.717) is 24.2 Å². The molecule has 2 fully saturated rings. The summed E-state index contributed by atoms with van der Waals surface area (Å²) in [6.45, 7) is 0. The molecule has 0 aromatic heterocycles. The maximum Gasteiger partial charge on any atom is 0.0371 e. The monoisotopic (exact) mass is 287 g/mol. The van der Waals surface area contributed by atoms with Crippen LogP contribution in [-0.2, 0) is 0 Å². The minimum Gasteiger partial charge on any atom is -0.366 e. The number of nitrogens with two attached hydrogens (primary N) is 2. The van der Waals surface area contributed by atoms with E-state index in [2.05, 4.69) is 35.2 Å². The molecule has 0 atom stereocenters. The van der Waals surface area contributed by atoms with Gasteiger partial charge in [0, 0.05) is 29.9 Å². The second-order valence-electron chi connectivity index (χ2n) is 6.88.